The van der Waals surface area contributed by atoms with Crippen LogP contribution in [0.4, 0.5) is 5.95 Å². The number of halogens is 1. The number of imidazole rings is 1. The topological polar surface area (TPSA) is 40.7 Å². The van der Waals surface area contributed by atoms with Crippen molar-refractivity contribution in [1.82, 2.24) is 9.97 Å². The quantitative estimate of drug-likeness (QED) is 0.771. The van der Waals surface area contributed by atoms with Crippen LogP contribution in [0.15, 0.2) is 18.2 Å². The van der Waals surface area contributed by atoms with Crippen molar-refractivity contribution < 1.29 is 0 Å². The minimum atomic E-state index is 0.605. The number of anilines is 1. The molecule has 67 valence electrons. The third-order valence-corrected chi connectivity index (χ3v) is 1.97. The third kappa shape index (κ3) is 1.60. The van der Waals surface area contributed by atoms with Crippen LogP contribution < -0.4 is 5.32 Å². The summed E-state index contributed by atoms with van der Waals surface area (Å²) >= 11 is 5.82. The first kappa shape index (κ1) is 8.38. The largest absolute Gasteiger partial charge is 0.356 e. The van der Waals surface area contributed by atoms with Crippen LogP contribution in [0.25, 0.3) is 11.0 Å². The van der Waals surface area contributed by atoms with E-state index >= 15 is 0 Å². The zero-order valence-electron chi connectivity index (χ0n) is 6.97. The summed E-state index contributed by atoms with van der Waals surface area (Å²) in [7, 11) is 0. The number of nitrogens with one attached hydrogen (secondary N) is 2. The van der Waals surface area contributed by atoms with Crippen LogP contribution in [-0.4, -0.2) is 16.5 Å². The number of H-pyrrole nitrogens is 1. The molecule has 2 rings (SSSR count). The van der Waals surface area contributed by atoms with Gasteiger partial charge in [0.05, 0.1) is 11.0 Å². The van der Waals surface area contributed by atoms with E-state index in [0.717, 1.165) is 17.0 Å². The summed E-state index contributed by atoms with van der Waals surface area (Å²) in [6.07, 6.45) is 0. The van der Waals surface area contributed by atoms with Gasteiger partial charge in [0.1, 0.15) is 0 Å². The smallest absolute Gasteiger partial charge is 0.201 e. The van der Waals surface area contributed by atoms with Gasteiger partial charge in [-0.15, -0.1) is 0 Å². The van der Waals surface area contributed by atoms with Gasteiger partial charge in [-0.25, -0.2) is 4.98 Å². The molecule has 13 heavy (non-hydrogen) atoms. The lowest BCUT2D eigenvalue weighted by Crippen LogP contribution is -1.97. The van der Waals surface area contributed by atoms with E-state index < -0.39 is 0 Å². The molecule has 0 aliphatic rings. The minimum absolute atomic E-state index is 0.605. The molecule has 0 fully saturated rings. The highest BCUT2D eigenvalue weighted by molar-refractivity contribution is 6.31. The number of benzene rings is 1. The molecule has 1 aromatic heterocycles. The second-order valence-electron chi connectivity index (χ2n) is 2.67. The Balaban J connectivity index is 2.49. The maximum atomic E-state index is 5.82. The monoisotopic (exact) mass is 194 g/mol. The van der Waals surface area contributed by atoms with Crippen molar-refractivity contribution in [3.05, 3.63) is 30.1 Å². The Labute approximate surface area is 81.1 Å². The van der Waals surface area contributed by atoms with Crippen LogP contribution in [0, 0.1) is 6.92 Å². The predicted molar refractivity (Wildman–Crippen MR) is 55.0 cm³/mol. The summed E-state index contributed by atoms with van der Waals surface area (Å²) in [6, 6.07) is 5.54. The summed E-state index contributed by atoms with van der Waals surface area (Å²) in [5, 5.41) is 3.70. The molecule has 0 bridgehead atoms. The highest BCUT2D eigenvalue weighted by atomic mass is 35.5. The number of aromatic amines is 1. The first-order chi connectivity index (χ1) is 6.29. The summed E-state index contributed by atoms with van der Waals surface area (Å²) in [6.45, 7) is 4.28. The molecule has 0 amide bonds. The molecular weight excluding hydrogens is 186 g/mol. The summed E-state index contributed by atoms with van der Waals surface area (Å²) in [5.74, 6) is 0.729. The molecule has 0 saturated carbocycles. The zero-order valence-corrected chi connectivity index (χ0v) is 7.73. The molecule has 0 saturated heterocycles. The van der Waals surface area contributed by atoms with Gasteiger partial charge in [0.15, 0.2) is 0 Å². The van der Waals surface area contributed by atoms with Crippen molar-refractivity contribution >= 4 is 28.6 Å². The SMILES string of the molecule is [CH2]CNc1nc2ccc(Cl)cc2[nH]1. The highest BCUT2D eigenvalue weighted by Crippen LogP contribution is 2.18. The third-order valence-electron chi connectivity index (χ3n) is 1.74. The average Bonchev–Trinajstić information content (AvgIpc) is 2.46. The fourth-order valence-corrected chi connectivity index (χ4v) is 1.36. The maximum absolute atomic E-state index is 5.82. The second kappa shape index (κ2) is 3.26. The number of nitrogens with zero attached hydrogens (tertiary/aromatic N) is 1. The summed E-state index contributed by atoms with van der Waals surface area (Å²) in [5.41, 5.74) is 1.84. The lowest BCUT2D eigenvalue weighted by molar-refractivity contribution is 1.21. The molecule has 0 unspecified atom stereocenters. The normalized spacial score (nSPS) is 10.6. The van der Waals surface area contributed by atoms with Crippen LogP contribution in [0.2, 0.25) is 5.02 Å². The van der Waals surface area contributed by atoms with Crippen LogP contribution in [-0.2, 0) is 0 Å². The molecule has 0 aliphatic carbocycles. The van der Waals surface area contributed by atoms with E-state index in [9.17, 15) is 0 Å². The molecule has 0 atom stereocenters. The van der Waals surface area contributed by atoms with Crippen LogP contribution in [0.3, 0.4) is 0 Å². The van der Waals surface area contributed by atoms with Gasteiger partial charge in [0.25, 0.3) is 0 Å². The van der Waals surface area contributed by atoms with Gasteiger partial charge in [-0.3, -0.25) is 0 Å². The molecule has 2 N–H and O–H groups in total. The molecule has 3 nitrogen and oxygen atoms in total. The first-order valence-corrected chi connectivity index (χ1v) is 4.36. The van der Waals surface area contributed by atoms with Crippen LogP contribution in [0.1, 0.15) is 0 Å². The number of hydrogen-bond donors (Lipinski definition) is 2. The Morgan fingerprint density at radius 1 is 1.54 bits per heavy atom. The van der Waals surface area contributed by atoms with Crippen LogP contribution in [0.5, 0.6) is 0 Å². The molecule has 1 heterocycles. The van der Waals surface area contributed by atoms with E-state index in [0.29, 0.717) is 11.6 Å². The first-order valence-electron chi connectivity index (χ1n) is 3.98. The molecule has 1 radical (unpaired) electrons. The van der Waals surface area contributed by atoms with Crippen molar-refractivity contribution in [3.63, 3.8) is 0 Å². The van der Waals surface area contributed by atoms with E-state index in [1.165, 1.54) is 0 Å². The zero-order chi connectivity index (χ0) is 9.26. The summed E-state index contributed by atoms with van der Waals surface area (Å²) in [4.78, 5) is 7.37. The number of aromatic nitrogens is 2. The van der Waals surface area contributed by atoms with Gasteiger partial charge in [0.2, 0.25) is 5.95 Å². The second-order valence-corrected chi connectivity index (χ2v) is 3.11. The van der Waals surface area contributed by atoms with Gasteiger partial charge >= 0.3 is 0 Å². The van der Waals surface area contributed by atoms with Crippen molar-refractivity contribution in [1.29, 1.82) is 0 Å². The van der Waals surface area contributed by atoms with Crippen molar-refractivity contribution in [3.8, 4) is 0 Å². The van der Waals surface area contributed by atoms with Crippen molar-refractivity contribution in [2.45, 2.75) is 0 Å². The van der Waals surface area contributed by atoms with E-state index in [4.69, 9.17) is 11.6 Å². The van der Waals surface area contributed by atoms with Crippen LogP contribution >= 0.6 is 11.6 Å². The van der Waals surface area contributed by atoms with Crippen molar-refractivity contribution in [2.75, 3.05) is 11.9 Å². The Morgan fingerprint density at radius 2 is 2.38 bits per heavy atom. The van der Waals surface area contributed by atoms with E-state index in [1.807, 2.05) is 18.2 Å². The lowest BCUT2D eigenvalue weighted by Gasteiger charge is -1.93. The summed E-state index contributed by atoms with van der Waals surface area (Å²) < 4.78 is 0. The number of hydrogen-bond acceptors (Lipinski definition) is 2. The Bertz CT molecular complexity index is 422. The predicted octanol–water partition coefficient (Wildman–Crippen LogP) is 2.46. The van der Waals surface area contributed by atoms with Gasteiger partial charge in [-0.2, -0.15) is 0 Å². The van der Waals surface area contributed by atoms with E-state index in [1.54, 1.807) is 0 Å². The Hall–Kier alpha value is -1.22. The van der Waals surface area contributed by atoms with Crippen molar-refractivity contribution in [2.24, 2.45) is 0 Å². The Morgan fingerprint density at radius 3 is 3.15 bits per heavy atom. The molecule has 0 aliphatic heterocycles. The van der Waals surface area contributed by atoms with Gasteiger partial charge in [-0.1, -0.05) is 11.6 Å². The van der Waals surface area contributed by atoms with E-state index in [-0.39, 0.29) is 0 Å². The molecule has 4 heteroatoms. The molecular formula is C9H9ClN3. The standard InChI is InChI=1S/C9H9ClN3/c1-2-11-9-12-7-4-3-6(10)5-8(7)13-9/h3-5H,1-2H2,(H2,11,12,13). The van der Waals surface area contributed by atoms with E-state index in [2.05, 4.69) is 22.2 Å². The lowest BCUT2D eigenvalue weighted by atomic mass is 10.3. The fourth-order valence-electron chi connectivity index (χ4n) is 1.18. The molecule has 2 aromatic rings. The minimum Gasteiger partial charge on any atom is -0.356 e. The van der Waals surface area contributed by atoms with Gasteiger partial charge in [0, 0.05) is 11.6 Å². The van der Waals surface area contributed by atoms with Gasteiger partial charge < -0.3 is 10.3 Å². The maximum Gasteiger partial charge on any atom is 0.201 e. The Kier molecular flexibility index (Phi) is 2.10. The fraction of sp³-hybridized carbons (Fsp3) is 0.111. The number of fused-ring (bicyclic) bond motifs is 1. The molecule has 1 aromatic carbocycles. The van der Waals surface area contributed by atoms with Gasteiger partial charge in [-0.05, 0) is 25.1 Å². The number of rotatable bonds is 2. The molecule has 0 spiro atoms. The average molecular weight is 195 g/mol. The highest BCUT2D eigenvalue weighted by Gasteiger charge is 2.00.